The van der Waals surface area contributed by atoms with Crippen LogP contribution in [0.2, 0.25) is 0 Å². The van der Waals surface area contributed by atoms with E-state index in [0.717, 1.165) is 29.6 Å². The molecule has 0 spiro atoms. The highest BCUT2D eigenvalue weighted by atomic mass is 16.3. The molecule has 5 rings (SSSR count). The topological polar surface area (TPSA) is 74.4 Å². The van der Waals surface area contributed by atoms with Gasteiger partial charge in [-0.3, -0.25) is 9.67 Å². The normalized spacial score (nSPS) is 18.3. The summed E-state index contributed by atoms with van der Waals surface area (Å²) < 4.78 is 1.75. The molecule has 1 aliphatic rings. The summed E-state index contributed by atoms with van der Waals surface area (Å²) in [7, 11) is 3.92. The van der Waals surface area contributed by atoms with Gasteiger partial charge in [-0.2, -0.15) is 5.10 Å². The smallest absolute Gasteiger partial charge is 0.167 e. The standard InChI is InChI=1S/C32H36N4O2/c1-22(2)24-11-13-25(14-12-24)32(38,30(3)20-35(5)21-30)26-17-23(18-33-19-26)15-16-31(4,37)29-27-9-7-8-10-28(27)36(6)34-29/h7-14,17-19,22,37-38H,20-21H2,1-6H3. The number of likely N-dealkylation sites (tertiary alicyclic amines) is 1. The number of benzene rings is 2. The Labute approximate surface area is 225 Å². The van der Waals surface area contributed by atoms with Crippen LogP contribution in [0.3, 0.4) is 0 Å². The highest BCUT2D eigenvalue weighted by molar-refractivity contribution is 5.83. The molecule has 0 bridgehead atoms. The molecule has 0 radical (unpaired) electrons. The number of aliphatic hydroxyl groups is 2. The predicted molar refractivity (Wildman–Crippen MR) is 151 cm³/mol. The van der Waals surface area contributed by atoms with Crippen molar-refractivity contribution >= 4 is 10.9 Å². The first-order chi connectivity index (χ1) is 17.9. The molecule has 1 saturated heterocycles. The molecule has 1 fully saturated rings. The van der Waals surface area contributed by atoms with E-state index in [1.54, 1.807) is 24.0 Å². The van der Waals surface area contributed by atoms with Crippen LogP contribution in [0.4, 0.5) is 0 Å². The maximum atomic E-state index is 12.5. The number of aromatic nitrogens is 3. The van der Waals surface area contributed by atoms with E-state index in [0.29, 0.717) is 22.7 Å². The van der Waals surface area contributed by atoms with E-state index in [1.807, 2.05) is 49.5 Å². The minimum absolute atomic E-state index is 0.396. The molecule has 0 aliphatic carbocycles. The van der Waals surface area contributed by atoms with Crippen molar-refractivity contribution in [3.8, 4) is 11.8 Å². The lowest BCUT2D eigenvalue weighted by atomic mass is 9.62. The van der Waals surface area contributed by atoms with Gasteiger partial charge in [0.1, 0.15) is 11.3 Å². The zero-order valence-corrected chi connectivity index (χ0v) is 23.0. The van der Waals surface area contributed by atoms with Gasteiger partial charge in [0.2, 0.25) is 0 Å². The van der Waals surface area contributed by atoms with Gasteiger partial charge >= 0.3 is 0 Å². The fourth-order valence-electron chi connectivity index (χ4n) is 5.88. The monoisotopic (exact) mass is 508 g/mol. The second kappa shape index (κ2) is 9.36. The summed E-state index contributed by atoms with van der Waals surface area (Å²) in [5.41, 5.74) is 1.72. The van der Waals surface area contributed by atoms with Crippen LogP contribution in [-0.2, 0) is 18.2 Å². The molecule has 2 N–H and O–H groups in total. The van der Waals surface area contributed by atoms with Crippen molar-refractivity contribution in [2.24, 2.45) is 12.5 Å². The maximum Gasteiger partial charge on any atom is 0.167 e. The van der Waals surface area contributed by atoms with Crippen LogP contribution in [0.1, 0.15) is 61.6 Å². The number of hydrogen-bond acceptors (Lipinski definition) is 5. The van der Waals surface area contributed by atoms with Gasteiger partial charge in [-0.1, -0.05) is 75.1 Å². The Morgan fingerprint density at radius 3 is 2.32 bits per heavy atom. The Morgan fingerprint density at radius 1 is 0.974 bits per heavy atom. The van der Waals surface area contributed by atoms with Gasteiger partial charge in [-0.15, -0.1) is 0 Å². The van der Waals surface area contributed by atoms with Crippen molar-refractivity contribution in [1.82, 2.24) is 19.7 Å². The summed E-state index contributed by atoms with van der Waals surface area (Å²) in [5.74, 6) is 6.53. The minimum atomic E-state index is -1.47. The van der Waals surface area contributed by atoms with Crippen molar-refractivity contribution in [1.29, 1.82) is 0 Å². The van der Waals surface area contributed by atoms with Crippen molar-refractivity contribution < 1.29 is 10.2 Å². The third-order valence-electron chi connectivity index (χ3n) is 7.93. The molecule has 6 nitrogen and oxygen atoms in total. The molecule has 0 amide bonds. The van der Waals surface area contributed by atoms with Crippen LogP contribution in [0.5, 0.6) is 0 Å². The van der Waals surface area contributed by atoms with Crippen LogP contribution in [0, 0.1) is 17.3 Å². The first-order valence-electron chi connectivity index (χ1n) is 13.1. The number of hydrogen-bond donors (Lipinski definition) is 2. The Bertz CT molecular complexity index is 1540. The predicted octanol–water partition coefficient (Wildman–Crippen LogP) is 4.54. The Morgan fingerprint density at radius 2 is 1.66 bits per heavy atom. The van der Waals surface area contributed by atoms with E-state index < -0.39 is 16.6 Å². The zero-order valence-electron chi connectivity index (χ0n) is 23.0. The van der Waals surface area contributed by atoms with Gasteiger partial charge in [0.15, 0.2) is 5.60 Å². The zero-order chi connectivity index (χ0) is 27.3. The molecular weight excluding hydrogens is 472 g/mol. The molecule has 38 heavy (non-hydrogen) atoms. The van der Waals surface area contributed by atoms with E-state index in [4.69, 9.17) is 0 Å². The average Bonchev–Trinajstić information content (AvgIpc) is 3.24. The Hall–Kier alpha value is -3.50. The first-order valence-corrected chi connectivity index (χ1v) is 13.1. The molecule has 2 atom stereocenters. The number of nitrogens with zero attached hydrogens (tertiary/aromatic N) is 4. The Kier molecular flexibility index (Phi) is 6.43. The van der Waals surface area contributed by atoms with E-state index in [9.17, 15) is 10.2 Å². The lowest BCUT2D eigenvalue weighted by Gasteiger charge is -2.55. The van der Waals surface area contributed by atoms with Crippen molar-refractivity contribution in [2.75, 3.05) is 20.1 Å². The average molecular weight is 509 g/mol. The summed E-state index contributed by atoms with van der Waals surface area (Å²) in [6.45, 7) is 9.62. The second-order valence-electron chi connectivity index (χ2n) is 11.5. The highest BCUT2D eigenvalue weighted by Crippen LogP contribution is 2.50. The van der Waals surface area contributed by atoms with Gasteiger partial charge in [-0.25, -0.2) is 0 Å². The third-order valence-corrected chi connectivity index (χ3v) is 7.93. The lowest BCUT2D eigenvalue weighted by Crippen LogP contribution is -2.63. The Balaban J connectivity index is 1.55. The number of fused-ring (bicyclic) bond motifs is 1. The number of aryl methyl sites for hydroxylation is 1. The minimum Gasteiger partial charge on any atom is -0.380 e. The SMILES string of the molecule is CC(C)c1ccc(C(O)(c2cncc(C#CC(C)(O)c3nn(C)c4ccccc34)c2)C2(C)CN(C)C2)cc1. The van der Waals surface area contributed by atoms with Crippen LogP contribution in [0.25, 0.3) is 10.9 Å². The lowest BCUT2D eigenvalue weighted by molar-refractivity contribution is -0.127. The van der Waals surface area contributed by atoms with Crippen LogP contribution in [0.15, 0.2) is 67.0 Å². The second-order valence-corrected chi connectivity index (χ2v) is 11.5. The molecule has 2 aromatic heterocycles. The molecule has 2 aromatic carbocycles. The van der Waals surface area contributed by atoms with E-state index >= 15 is 0 Å². The molecular formula is C32H36N4O2. The van der Waals surface area contributed by atoms with Gasteiger partial charge in [0.25, 0.3) is 0 Å². The molecule has 3 heterocycles. The van der Waals surface area contributed by atoms with E-state index in [1.165, 1.54) is 5.56 Å². The number of rotatable bonds is 5. The summed E-state index contributed by atoms with van der Waals surface area (Å²) in [5, 5.41) is 29.2. The molecule has 0 saturated carbocycles. The van der Waals surface area contributed by atoms with Crippen molar-refractivity contribution in [3.63, 3.8) is 0 Å². The maximum absolute atomic E-state index is 12.5. The van der Waals surface area contributed by atoms with E-state index in [-0.39, 0.29) is 0 Å². The fourth-order valence-corrected chi connectivity index (χ4v) is 5.88. The van der Waals surface area contributed by atoms with Crippen molar-refractivity contribution in [3.05, 3.63) is 94.9 Å². The van der Waals surface area contributed by atoms with Crippen molar-refractivity contribution in [2.45, 2.75) is 44.8 Å². The molecule has 1 aliphatic heterocycles. The molecule has 6 heteroatoms. The molecule has 4 aromatic rings. The molecule has 196 valence electrons. The van der Waals surface area contributed by atoms with Crippen LogP contribution >= 0.6 is 0 Å². The molecule has 2 unspecified atom stereocenters. The summed E-state index contributed by atoms with van der Waals surface area (Å²) in [6, 6.07) is 18.0. The summed E-state index contributed by atoms with van der Waals surface area (Å²) in [4.78, 5) is 6.67. The summed E-state index contributed by atoms with van der Waals surface area (Å²) >= 11 is 0. The van der Waals surface area contributed by atoms with Gasteiger partial charge in [0, 0.05) is 54.5 Å². The van der Waals surface area contributed by atoms with Gasteiger partial charge in [0.05, 0.1) is 5.52 Å². The van der Waals surface area contributed by atoms with Crippen LogP contribution in [-0.4, -0.2) is 50.0 Å². The van der Waals surface area contributed by atoms with Crippen LogP contribution < -0.4 is 0 Å². The highest BCUT2D eigenvalue weighted by Gasteiger charge is 2.55. The summed E-state index contributed by atoms with van der Waals surface area (Å²) in [6.07, 6.45) is 3.40. The third kappa shape index (κ3) is 4.31. The quantitative estimate of drug-likeness (QED) is 0.387. The largest absolute Gasteiger partial charge is 0.380 e. The van der Waals surface area contributed by atoms with E-state index in [2.05, 4.69) is 66.8 Å². The van der Waals surface area contributed by atoms with Gasteiger partial charge in [-0.05, 0) is 43.1 Å². The first kappa shape index (κ1) is 26.1. The number of pyridine rings is 1. The number of para-hydroxylation sites is 1. The van der Waals surface area contributed by atoms with Gasteiger partial charge < -0.3 is 15.1 Å². The fraction of sp³-hybridized carbons (Fsp3) is 0.375.